The highest BCUT2D eigenvalue weighted by atomic mass is 19.3. The van der Waals surface area contributed by atoms with Crippen LogP contribution in [-0.2, 0) is 11.8 Å². The monoisotopic (exact) mass is 447 g/mol. The molecule has 0 aromatic carbocycles. The van der Waals surface area contributed by atoms with Gasteiger partial charge in [-0.3, -0.25) is 9.59 Å². The van der Waals surface area contributed by atoms with E-state index in [1.165, 1.54) is 11.9 Å². The first-order valence-corrected chi connectivity index (χ1v) is 9.80. The average Bonchev–Trinajstić information content (AvgIpc) is 3.26. The Morgan fingerprint density at radius 3 is 2.45 bits per heavy atom. The molecule has 1 N–H and O–H groups in total. The molecule has 3 fully saturated rings. The minimum Gasteiger partial charge on any atom is -0.358 e. The molecule has 31 heavy (non-hydrogen) atoms. The van der Waals surface area contributed by atoms with E-state index in [4.69, 9.17) is 0 Å². The summed E-state index contributed by atoms with van der Waals surface area (Å²) < 4.78 is 54.6. The van der Waals surface area contributed by atoms with Crippen LogP contribution in [0, 0.1) is 20.9 Å². The highest BCUT2D eigenvalue weighted by Crippen LogP contribution is 2.56. The third-order valence-corrected chi connectivity index (χ3v) is 6.59. The molecule has 2 amide bonds. The van der Waals surface area contributed by atoms with Crippen LogP contribution in [0.1, 0.15) is 42.7 Å². The van der Waals surface area contributed by atoms with Gasteiger partial charge in [-0.1, -0.05) is 0 Å². The molecule has 1 aromatic heterocycles. The van der Waals surface area contributed by atoms with Gasteiger partial charge in [0.2, 0.25) is 5.91 Å². The molecule has 1 unspecified atom stereocenters. The van der Waals surface area contributed by atoms with Crippen molar-refractivity contribution in [3.8, 4) is 0 Å². The van der Waals surface area contributed by atoms with Crippen molar-refractivity contribution in [3.05, 3.63) is 22.1 Å². The second kappa shape index (κ2) is 6.89. The topological polar surface area (TPSA) is 110 Å². The Morgan fingerprint density at radius 1 is 1.32 bits per heavy atom. The summed E-state index contributed by atoms with van der Waals surface area (Å²) in [7, 11) is 1.33. The Morgan fingerprint density at radius 2 is 1.97 bits per heavy atom. The predicted molar refractivity (Wildman–Crippen MR) is 96.6 cm³/mol. The normalized spacial score (nSPS) is 25.2. The van der Waals surface area contributed by atoms with E-state index >= 15 is 0 Å². The number of carbonyl (C=O) groups excluding carboxylic acids is 2. The van der Waals surface area contributed by atoms with Crippen LogP contribution >= 0.6 is 0 Å². The number of imidazole rings is 1. The maximum absolute atomic E-state index is 13.5. The van der Waals surface area contributed by atoms with Crippen molar-refractivity contribution >= 4 is 17.6 Å². The molecule has 1 spiro atoms. The Balaban J connectivity index is 1.50. The first-order chi connectivity index (χ1) is 14.4. The maximum atomic E-state index is 13.5. The zero-order valence-electron chi connectivity index (χ0n) is 16.6. The number of hydrogen-bond donors (Lipinski definition) is 1. The highest BCUT2D eigenvalue weighted by Gasteiger charge is 2.66. The first-order valence-electron chi connectivity index (χ1n) is 9.80. The lowest BCUT2D eigenvalue weighted by Crippen LogP contribution is -2.62. The maximum Gasteiger partial charge on any atom is 0.343 e. The molecule has 3 aliphatic rings. The van der Waals surface area contributed by atoms with Crippen molar-refractivity contribution in [3.63, 3.8) is 0 Å². The van der Waals surface area contributed by atoms with Gasteiger partial charge >= 0.3 is 11.7 Å². The van der Waals surface area contributed by atoms with E-state index in [-0.39, 0.29) is 23.6 Å². The van der Waals surface area contributed by atoms with E-state index in [0.717, 1.165) is 23.6 Å². The number of likely N-dealkylation sites (tertiary alicyclic amines) is 1. The van der Waals surface area contributed by atoms with Crippen molar-refractivity contribution in [2.24, 2.45) is 17.9 Å². The molecule has 2 heterocycles. The molecule has 0 bridgehead atoms. The predicted octanol–water partition coefficient (Wildman–Crippen LogP) is 2.12. The molecule has 1 saturated heterocycles. The SMILES string of the molecule is Cn1c([N+](=O)[O-])cnc1C(=O)N1CC(NC(=O)C2(C(F)F)CC(F)(F)C2)CC2(CC2)C1. The van der Waals surface area contributed by atoms with Crippen LogP contribution in [0.25, 0.3) is 0 Å². The molecular weight excluding hydrogens is 426 g/mol. The number of aromatic nitrogens is 2. The second-order valence-electron chi connectivity index (χ2n) is 8.98. The van der Waals surface area contributed by atoms with Crippen molar-refractivity contribution in [2.75, 3.05) is 13.1 Å². The fourth-order valence-corrected chi connectivity index (χ4v) is 4.70. The fraction of sp³-hybridized carbons (Fsp3) is 0.722. The summed E-state index contributed by atoms with van der Waals surface area (Å²) in [6.07, 6.45) is -2.70. The number of halogens is 4. The quantitative estimate of drug-likeness (QED) is 0.422. The number of nitrogens with zero attached hydrogens (tertiary/aromatic N) is 4. The summed E-state index contributed by atoms with van der Waals surface area (Å²) in [6, 6.07) is -0.687. The van der Waals surface area contributed by atoms with Gasteiger partial charge in [-0.15, -0.1) is 0 Å². The van der Waals surface area contributed by atoms with Crippen LogP contribution in [-0.4, -0.2) is 62.7 Å². The Bertz CT molecular complexity index is 937. The van der Waals surface area contributed by atoms with Crippen LogP contribution in [0.5, 0.6) is 0 Å². The largest absolute Gasteiger partial charge is 0.358 e. The summed E-state index contributed by atoms with van der Waals surface area (Å²) in [4.78, 5) is 41.0. The number of nitro groups is 1. The molecule has 9 nitrogen and oxygen atoms in total. The number of nitrogens with one attached hydrogen (secondary N) is 1. The van der Waals surface area contributed by atoms with E-state index in [0.29, 0.717) is 13.0 Å². The zero-order chi connectivity index (χ0) is 22.8. The average molecular weight is 447 g/mol. The van der Waals surface area contributed by atoms with Crippen molar-refractivity contribution in [2.45, 2.75) is 50.5 Å². The Labute approximate surface area is 173 Å². The molecule has 2 aliphatic carbocycles. The van der Waals surface area contributed by atoms with Crippen LogP contribution in [0.15, 0.2) is 6.20 Å². The van der Waals surface area contributed by atoms with E-state index < -0.39 is 53.4 Å². The summed E-state index contributed by atoms with van der Waals surface area (Å²) in [5.41, 5.74) is -2.71. The molecule has 170 valence electrons. The van der Waals surface area contributed by atoms with E-state index in [9.17, 15) is 37.3 Å². The molecular formula is C18H21F4N5O4. The third-order valence-electron chi connectivity index (χ3n) is 6.59. The molecule has 2 saturated carbocycles. The number of piperidine rings is 1. The van der Waals surface area contributed by atoms with Gasteiger partial charge in [-0.05, 0) is 29.6 Å². The lowest BCUT2D eigenvalue weighted by Gasteiger charge is -2.46. The van der Waals surface area contributed by atoms with Crippen LogP contribution in [0.3, 0.4) is 0 Å². The van der Waals surface area contributed by atoms with Gasteiger partial charge in [0.15, 0.2) is 0 Å². The van der Waals surface area contributed by atoms with E-state index in [1.54, 1.807) is 0 Å². The Kier molecular flexibility index (Phi) is 4.78. The summed E-state index contributed by atoms with van der Waals surface area (Å²) in [5, 5.41) is 13.5. The van der Waals surface area contributed by atoms with E-state index in [1.807, 2.05) is 0 Å². The molecule has 0 radical (unpaired) electrons. The van der Waals surface area contributed by atoms with Crippen LogP contribution in [0.2, 0.25) is 0 Å². The molecule has 1 atom stereocenters. The first kappa shape index (κ1) is 21.5. The van der Waals surface area contributed by atoms with Gasteiger partial charge in [0.25, 0.3) is 18.2 Å². The second-order valence-corrected chi connectivity index (χ2v) is 8.98. The van der Waals surface area contributed by atoms with Crippen molar-refractivity contribution < 1.29 is 32.1 Å². The zero-order valence-corrected chi connectivity index (χ0v) is 16.6. The standard InChI is InChI=1S/C18H21F4N5O4/c1-25-11(27(30)31)5-23-12(25)13(28)26-6-10(4-16(9-26)2-3-16)24-15(29)17(14(19)20)7-18(21,22)8-17/h5,10,14H,2-4,6-9H2,1H3,(H,24,29). The third kappa shape index (κ3) is 3.63. The number of alkyl halides is 4. The van der Waals surface area contributed by atoms with Gasteiger partial charge in [-0.2, -0.15) is 0 Å². The molecule has 1 aliphatic heterocycles. The lowest BCUT2D eigenvalue weighted by molar-refractivity contribution is -0.391. The number of hydrogen-bond acceptors (Lipinski definition) is 5. The minimum absolute atomic E-state index is 0.0251. The Hall–Kier alpha value is -2.73. The summed E-state index contributed by atoms with van der Waals surface area (Å²) >= 11 is 0. The number of amides is 2. The summed E-state index contributed by atoms with van der Waals surface area (Å²) in [5.74, 6) is -5.53. The van der Waals surface area contributed by atoms with Gasteiger partial charge < -0.3 is 20.3 Å². The minimum atomic E-state index is -3.30. The molecule has 13 heteroatoms. The highest BCUT2D eigenvalue weighted by molar-refractivity contribution is 5.91. The van der Waals surface area contributed by atoms with Gasteiger partial charge in [-0.25, -0.2) is 27.1 Å². The van der Waals surface area contributed by atoms with Gasteiger partial charge in [0, 0.05) is 32.0 Å². The molecule has 1 aromatic rings. The van der Waals surface area contributed by atoms with Gasteiger partial charge in [0.1, 0.15) is 11.6 Å². The smallest absolute Gasteiger partial charge is 0.343 e. The number of carbonyl (C=O) groups is 2. The lowest BCUT2D eigenvalue weighted by atomic mass is 9.65. The van der Waals surface area contributed by atoms with Crippen molar-refractivity contribution in [1.29, 1.82) is 0 Å². The molecule has 4 rings (SSSR count). The van der Waals surface area contributed by atoms with Crippen LogP contribution < -0.4 is 5.32 Å². The van der Waals surface area contributed by atoms with E-state index in [2.05, 4.69) is 10.3 Å². The number of rotatable bonds is 5. The van der Waals surface area contributed by atoms with Gasteiger partial charge in [0.05, 0.1) is 7.05 Å². The fourth-order valence-electron chi connectivity index (χ4n) is 4.70. The van der Waals surface area contributed by atoms with Crippen molar-refractivity contribution in [1.82, 2.24) is 19.8 Å². The summed E-state index contributed by atoms with van der Waals surface area (Å²) in [6.45, 7) is 0.319. The van der Waals surface area contributed by atoms with Crippen LogP contribution in [0.4, 0.5) is 23.4 Å².